The lowest BCUT2D eigenvalue weighted by Crippen LogP contribution is -2.43. The summed E-state index contributed by atoms with van der Waals surface area (Å²) in [4.78, 5) is 4.34. The van der Waals surface area contributed by atoms with Crippen LogP contribution in [0.4, 0.5) is 0 Å². The fraction of sp³-hybridized carbons (Fsp3) is 0.700. The lowest BCUT2D eigenvalue weighted by atomic mass is 10.0. The number of nitrogens with zero attached hydrogens (tertiary/aromatic N) is 1. The Hall–Kier alpha value is -0.870. The van der Waals surface area contributed by atoms with E-state index in [1.165, 1.54) is 0 Å². The van der Waals surface area contributed by atoms with Gasteiger partial charge in [0.25, 0.3) is 0 Å². The predicted molar refractivity (Wildman–Crippen MR) is 60.3 cm³/mol. The first-order valence-corrected chi connectivity index (χ1v) is 5.15. The van der Waals surface area contributed by atoms with Crippen molar-refractivity contribution >= 4 is 6.21 Å². The van der Waals surface area contributed by atoms with E-state index < -0.39 is 0 Å². The highest BCUT2D eigenvalue weighted by Gasteiger charge is 2.15. The maximum atomic E-state index is 5.84. The number of hydrogen-bond acceptors (Lipinski definition) is 4. The first kappa shape index (κ1) is 11.2. The van der Waals surface area contributed by atoms with Crippen LogP contribution >= 0.6 is 0 Å². The molecule has 0 aromatic carbocycles. The second-order valence-corrected chi connectivity index (χ2v) is 3.70. The highest BCUT2D eigenvalue weighted by molar-refractivity contribution is 5.79. The van der Waals surface area contributed by atoms with Gasteiger partial charge >= 0.3 is 0 Å². The first-order valence-electron chi connectivity index (χ1n) is 5.15. The van der Waals surface area contributed by atoms with Crippen LogP contribution in [0.5, 0.6) is 0 Å². The number of aliphatic imine (C=N–C) groups is 1. The fourth-order valence-corrected chi connectivity index (χ4v) is 1.28. The Morgan fingerprint density at radius 2 is 2.36 bits per heavy atom. The van der Waals surface area contributed by atoms with Gasteiger partial charge in [0.05, 0.1) is 0 Å². The maximum absolute atomic E-state index is 5.84. The lowest BCUT2D eigenvalue weighted by Gasteiger charge is -2.25. The van der Waals surface area contributed by atoms with Gasteiger partial charge in [-0.05, 0) is 6.42 Å². The Labute approximate surface area is 85.5 Å². The van der Waals surface area contributed by atoms with Crippen molar-refractivity contribution in [2.75, 3.05) is 19.6 Å². The van der Waals surface area contributed by atoms with E-state index in [-0.39, 0.29) is 6.04 Å². The summed E-state index contributed by atoms with van der Waals surface area (Å²) in [6, 6.07) is 0.0169. The maximum Gasteiger partial charge on any atom is 0.0441 e. The summed E-state index contributed by atoms with van der Waals surface area (Å²) in [5.41, 5.74) is 12.2. The molecule has 80 valence electrons. The van der Waals surface area contributed by atoms with Crippen molar-refractivity contribution in [3.05, 3.63) is 11.8 Å². The van der Waals surface area contributed by atoms with Crippen molar-refractivity contribution < 1.29 is 0 Å². The van der Waals surface area contributed by atoms with E-state index in [1.54, 1.807) is 6.20 Å². The number of hydrogen-bond donors (Lipinski definition) is 3. The normalized spacial score (nSPS) is 21.1. The summed E-state index contributed by atoms with van der Waals surface area (Å²) in [5.74, 6) is 0.697. The molecule has 1 heterocycles. The van der Waals surface area contributed by atoms with Crippen LogP contribution in [0.3, 0.4) is 0 Å². The predicted octanol–water partition coefficient (Wildman–Crippen LogP) is -0.143. The SMILES string of the molecule is CCC(N)C(C=NCC1CNC1)=CN. The van der Waals surface area contributed by atoms with Crippen LogP contribution in [0.25, 0.3) is 0 Å². The molecule has 0 amide bonds. The number of nitrogens with two attached hydrogens (primary N) is 2. The molecule has 1 aliphatic rings. The van der Waals surface area contributed by atoms with Crippen LogP contribution in [0, 0.1) is 5.92 Å². The van der Waals surface area contributed by atoms with Gasteiger partial charge in [0.1, 0.15) is 0 Å². The van der Waals surface area contributed by atoms with E-state index in [2.05, 4.69) is 10.3 Å². The molecule has 0 spiro atoms. The Kier molecular flexibility index (Phi) is 4.62. The molecule has 4 heteroatoms. The van der Waals surface area contributed by atoms with Crippen LogP contribution in [0.1, 0.15) is 13.3 Å². The molecule has 1 atom stereocenters. The molecule has 0 aliphatic carbocycles. The van der Waals surface area contributed by atoms with Crippen molar-refractivity contribution in [2.24, 2.45) is 22.4 Å². The van der Waals surface area contributed by atoms with Crippen LogP contribution in [0.2, 0.25) is 0 Å². The summed E-state index contributed by atoms with van der Waals surface area (Å²) in [6.07, 6.45) is 4.25. The summed E-state index contributed by atoms with van der Waals surface area (Å²) in [7, 11) is 0. The van der Waals surface area contributed by atoms with Gasteiger partial charge in [-0.25, -0.2) is 0 Å². The zero-order valence-corrected chi connectivity index (χ0v) is 8.74. The molecule has 1 rings (SSSR count). The molecule has 1 fully saturated rings. The molecular weight excluding hydrogens is 176 g/mol. The molecule has 0 saturated carbocycles. The Morgan fingerprint density at radius 3 is 2.79 bits per heavy atom. The van der Waals surface area contributed by atoms with Gasteiger partial charge < -0.3 is 16.8 Å². The van der Waals surface area contributed by atoms with Crippen LogP contribution < -0.4 is 16.8 Å². The van der Waals surface area contributed by atoms with Gasteiger partial charge in [-0.3, -0.25) is 4.99 Å². The highest BCUT2D eigenvalue weighted by Crippen LogP contribution is 2.04. The topological polar surface area (TPSA) is 76.4 Å². The van der Waals surface area contributed by atoms with Gasteiger partial charge in [-0.2, -0.15) is 0 Å². The van der Waals surface area contributed by atoms with Gasteiger partial charge in [0.2, 0.25) is 0 Å². The van der Waals surface area contributed by atoms with Gasteiger partial charge in [0, 0.05) is 49.6 Å². The third-order valence-corrected chi connectivity index (χ3v) is 2.53. The minimum Gasteiger partial charge on any atom is -0.404 e. The fourth-order valence-electron chi connectivity index (χ4n) is 1.28. The van der Waals surface area contributed by atoms with E-state index in [9.17, 15) is 0 Å². The van der Waals surface area contributed by atoms with Crippen LogP contribution in [0.15, 0.2) is 16.8 Å². The minimum atomic E-state index is 0.0169. The Morgan fingerprint density at radius 1 is 1.64 bits per heavy atom. The molecule has 5 N–H and O–H groups in total. The molecule has 0 radical (unpaired) electrons. The highest BCUT2D eigenvalue weighted by atomic mass is 15.0. The number of rotatable bonds is 5. The van der Waals surface area contributed by atoms with Gasteiger partial charge in [-0.1, -0.05) is 6.92 Å². The quantitative estimate of drug-likeness (QED) is 0.535. The van der Waals surface area contributed by atoms with Crippen molar-refractivity contribution in [1.29, 1.82) is 0 Å². The smallest absolute Gasteiger partial charge is 0.0441 e. The number of nitrogens with one attached hydrogen (secondary N) is 1. The van der Waals surface area contributed by atoms with Gasteiger partial charge in [0.15, 0.2) is 0 Å². The third-order valence-electron chi connectivity index (χ3n) is 2.53. The van der Waals surface area contributed by atoms with E-state index in [1.807, 2.05) is 13.1 Å². The molecule has 0 aromatic heterocycles. The van der Waals surface area contributed by atoms with Crippen molar-refractivity contribution in [3.63, 3.8) is 0 Å². The summed E-state index contributed by atoms with van der Waals surface area (Å²) in [6.45, 7) is 5.08. The summed E-state index contributed by atoms with van der Waals surface area (Å²) >= 11 is 0. The monoisotopic (exact) mass is 196 g/mol. The second kappa shape index (κ2) is 5.78. The summed E-state index contributed by atoms with van der Waals surface area (Å²) < 4.78 is 0. The summed E-state index contributed by atoms with van der Waals surface area (Å²) in [5, 5.41) is 3.21. The zero-order chi connectivity index (χ0) is 10.4. The Bertz CT molecular complexity index is 218. The average molecular weight is 196 g/mol. The first-order chi connectivity index (χ1) is 6.77. The molecular formula is C10H20N4. The van der Waals surface area contributed by atoms with E-state index in [4.69, 9.17) is 11.5 Å². The van der Waals surface area contributed by atoms with Crippen LogP contribution in [-0.4, -0.2) is 31.9 Å². The largest absolute Gasteiger partial charge is 0.404 e. The molecule has 0 aromatic rings. The third kappa shape index (κ3) is 3.12. The van der Waals surface area contributed by atoms with E-state index >= 15 is 0 Å². The molecule has 0 bridgehead atoms. The molecule has 1 unspecified atom stereocenters. The standard InChI is InChI=1S/C10H20N4/c1-2-10(12)9(3-11)7-14-6-8-4-13-5-8/h3,7-8,10,13H,2,4-6,11-12H2,1H3. The van der Waals surface area contributed by atoms with E-state index in [0.717, 1.165) is 31.6 Å². The molecule has 1 saturated heterocycles. The second-order valence-electron chi connectivity index (χ2n) is 3.70. The molecule has 14 heavy (non-hydrogen) atoms. The van der Waals surface area contributed by atoms with E-state index in [0.29, 0.717) is 5.92 Å². The zero-order valence-electron chi connectivity index (χ0n) is 8.74. The lowest BCUT2D eigenvalue weighted by molar-refractivity contribution is 0.358. The molecule has 1 aliphatic heterocycles. The van der Waals surface area contributed by atoms with Gasteiger partial charge in [-0.15, -0.1) is 0 Å². The van der Waals surface area contributed by atoms with Crippen molar-refractivity contribution in [3.8, 4) is 0 Å². The average Bonchev–Trinajstić information content (AvgIpc) is 2.14. The molecule has 4 nitrogen and oxygen atoms in total. The van der Waals surface area contributed by atoms with Crippen molar-refractivity contribution in [1.82, 2.24) is 5.32 Å². The Balaban J connectivity index is 2.31. The van der Waals surface area contributed by atoms with Crippen molar-refractivity contribution in [2.45, 2.75) is 19.4 Å². The minimum absolute atomic E-state index is 0.0169. The van der Waals surface area contributed by atoms with Crippen LogP contribution in [-0.2, 0) is 0 Å².